The third kappa shape index (κ3) is 8.58. The van der Waals surface area contributed by atoms with Gasteiger partial charge in [-0.2, -0.15) is 5.10 Å². The highest BCUT2D eigenvalue weighted by Gasteiger charge is 2.40. The Morgan fingerprint density at radius 1 is 0.978 bits per heavy atom. The molecule has 0 aliphatic carbocycles. The number of rotatable bonds is 10. The van der Waals surface area contributed by atoms with Crippen LogP contribution < -0.4 is 10.6 Å². The maximum atomic E-state index is 13.8. The highest BCUT2D eigenvalue weighted by Crippen LogP contribution is 2.27. The molecule has 0 radical (unpaired) electrons. The van der Waals surface area contributed by atoms with Gasteiger partial charge in [0.15, 0.2) is 11.4 Å². The van der Waals surface area contributed by atoms with E-state index in [0.717, 1.165) is 61.6 Å². The van der Waals surface area contributed by atoms with Crippen LogP contribution in [-0.2, 0) is 25.7 Å². The number of hydrogen-bond acceptors (Lipinski definition) is 9. The number of amides is 2. The lowest BCUT2D eigenvalue weighted by molar-refractivity contribution is -0.170. The number of anilines is 2. The number of ether oxygens (including phenoxy) is 1. The van der Waals surface area contributed by atoms with Gasteiger partial charge < -0.3 is 40.8 Å². The summed E-state index contributed by atoms with van der Waals surface area (Å²) in [6.45, 7) is 4.09. The fourth-order valence-corrected chi connectivity index (χ4v) is 4.45. The van der Waals surface area contributed by atoms with Gasteiger partial charge in [-0.25, -0.2) is 23.4 Å². The van der Waals surface area contributed by atoms with Gasteiger partial charge >= 0.3 is 23.9 Å². The van der Waals surface area contributed by atoms with Crippen LogP contribution in [0.2, 0.25) is 0 Å². The third-order valence-corrected chi connectivity index (χ3v) is 6.67. The summed E-state index contributed by atoms with van der Waals surface area (Å²) in [5.74, 6) is -6.29. The van der Waals surface area contributed by atoms with Crippen molar-refractivity contribution in [3.63, 3.8) is 0 Å². The highest BCUT2D eigenvalue weighted by atomic mass is 19.1. The summed E-state index contributed by atoms with van der Waals surface area (Å²) in [5.41, 5.74) is 0.216. The molecule has 1 saturated heterocycles. The summed E-state index contributed by atoms with van der Waals surface area (Å²) in [6.07, 6.45) is -0.896. The summed E-state index contributed by atoms with van der Waals surface area (Å²) in [6, 6.07) is 8.53. The SMILES string of the molecule is O=C(Nc1cn[nH]c1-c1nc2ccc(CN3CCOCC3)cc2[nH]1)Nc1c(F)cccc1F.O=C(O)CC(O)(CC(=O)O)C(=O)O. The van der Waals surface area contributed by atoms with Crippen LogP contribution in [-0.4, -0.2) is 101 Å². The number of H-pyrrole nitrogens is 2. The topological polar surface area (TPSA) is 243 Å². The lowest BCUT2D eigenvalue weighted by Gasteiger charge is -2.26. The van der Waals surface area contributed by atoms with Crippen LogP contribution in [0, 0.1) is 11.6 Å². The molecule has 46 heavy (non-hydrogen) atoms. The predicted octanol–water partition coefficient (Wildman–Crippen LogP) is 2.46. The molecule has 2 amide bonds. The number of aliphatic carboxylic acids is 3. The van der Waals surface area contributed by atoms with E-state index < -0.39 is 59.7 Å². The summed E-state index contributed by atoms with van der Waals surface area (Å²) < 4.78 is 33.0. The molecule has 0 atom stereocenters. The van der Waals surface area contributed by atoms with Crippen molar-refractivity contribution >= 4 is 46.3 Å². The average molecular weight is 646 g/mol. The van der Waals surface area contributed by atoms with E-state index in [0.29, 0.717) is 17.2 Å². The van der Waals surface area contributed by atoms with Gasteiger partial charge in [-0.1, -0.05) is 12.1 Å². The molecule has 16 nitrogen and oxygen atoms in total. The van der Waals surface area contributed by atoms with Crippen molar-refractivity contribution < 1.29 is 53.1 Å². The summed E-state index contributed by atoms with van der Waals surface area (Å²) in [5, 5.41) is 45.3. The molecule has 0 bridgehead atoms. The summed E-state index contributed by atoms with van der Waals surface area (Å²) >= 11 is 0. The van der Waals surface area contributed by atoms with Crippen LogP contribution >= 0.6 is 0 Å². The van der Waals surface area contributed by atoms with Crippen molar-refractivity contribution in [1.29, 1.82) is 0 Å². The largest absolute Gasteiger partial charge is 0.481 e. The fraction of sp³-hybridized carbons (Fsp3) is 0.286. The first-order valence-corrected chi connectivity index (χ1v) is 13.6. The van der Waals surface area contributed by atoms with E-state index >= 15 is 0 Å². The monoisotopic (exact) mass is 645 g/mol. The number of urea groups is 1. The van der Waals surface area contributed by atoms with Crippen LogP contribution in [0.1, 0.15) is 18.4 Å². The Labute approximate surface area is 258 Å². The van der Waals surface area contributed by atoms with Crippen molar-refractivity contribution in [2.24, 2.45) is 0 Å². The second-order valence-corrected chi connectivity index (χ2v) is 10.1. The number of halogens is 2. The van der Waals surface area contributed by atoms with E-state index in [-0.39, 0.29) is 0 Å². The number of morpholine rings is 1. The number of imidazole rings is 1. The van der Waals surface area contributed by atoms with Gasteiger partial charge in [-0.05, 0) is 29.8 Å². The highest BCUT2D eigenvalue weighted by molar-refractivity contribution is 6.02. The number of para-hydroxylation sites is 1. The molecule has 1 aliphatic heterocycles. The Morgan fingerprint density at radius 3 is 2.24 bits per heavy atom. The van der Waals surface area contributed by atoms with E-state index in [1.807, 2.05) is 18.2 Å². The van der Waals surface area contributed by atoms with Crippen molar-refractivity contribution in [2.75, 3.05) is 36.9 Å². The number of fused-ring (bicyclic) bond motifs is 1. The van der Waals surface area contributed by atoms with E-state index in [1.54, 1.807) is 0 Å². The summed E-state index contributed by atoms with van der Waals surface area (Å²) in [4.78, 5) is 53.0. The number of carbonyl (C=O) groups excluding carboxylic acids is 1. The first kappa shape index (κ1) is 33.4. The number of carboxylic acids is 3. The molecule has 1 fully saturated rings. The standard InChI is InChI=1S/C22H21F2N7O2.C6H8O7/c23-14-2-1-3-15(24)19(14)29-22(32)28-18-11-25-30-20(18)21-26-16-5-4-13(10-17(16)27-21)12-31-6-8-33-9-7-31;7-3(8)1-6(13,5(11)12)2-4(9)10/h1-5,10-11H,6-9,12H2,(H,25,30)(H,26,27)(H2,28,29,32);13H,1-2H2,(H,7,8)(H,9,10)(H,11,12). The molecule has 4 aromatic rings. The fourth-order valence-electron chi connectivity index (χ4n) is 4.45. The Morgan fingerprint density at radius 2 is 1.63 bits per heavy atom. The lowest BCUT2D eigenvalue weighted by Crippen LogP contribution is -2.42. The minimum Gasteiger partial charge on any atom is -0.481 e. The molecular weight excluding hydrogens is 616 g/mol. The van der Waals surface area contributed by atoms with Gasteiger partial charge in [0.2, 0.25) is 0 Å². The second kappa shape index (κ2) is 14.5. The van der Waals surface area contributed by atoms with Crippen LogP contribution in [0.3, 0.4) is 0 Å². The quantitative estimate of drug-likeness (QED) is 0.124. The molecule has 2 aromatic heterocycles. The van der Waals surface area contributed by atoms with Gasteiger partial charge in [-0.3, -0.25) is 19.6 Å². The van der Waals surface area contributed by atoms with E-state index in [2.05, 4.69) is 35.7 Å². The van der Waals surface area contributed by atoms with Crippen LogP contribution in [0.25, 0.3) is 22.6 Å². The number of aromatic nitrogens is 4. The summed E-state index contributed by atoms with van der Waals surface area (Å²) in [7, 11) is 0. The average Bonchev–Trinajstić information content (AvgIpc) is 3.61. The predicted molar refractivity (Wildman–Crippen MR) is 156 cm³/mol. The third-order valence-electron chi connectivity index (χ3n) is 6.67. The zero-order valence-electron chi connectivity index (χ0n) is 23.9. The smallest absolute Gasteiger partial charge is 0.336 e. The molecule has 0 saturated carbocycles. The zero-order valence-corrected chi connectivity index (χ0v) is 23.9. The number of hydrogen-bond donors (Lipinski definition) is 8. The molecule has 18 heteroatoms. The molecule has 5 rings (SSSR count). The Hall–Kier alpha value is -5.46. The van der Waals surface area contributed by atoms with Crippen LogP contribution in [0.5, 0.6) is 0 Å². The lowest BCUT2D eigenvalue weighted by atomic mass is 9.96. The maximum absolute atomic E-state index is 13.8. The molecule has 2 aromatic carbocycles. The zero-order chi connectivity index (χ0) is 33.4. The molecule has 1 aliphatic rings. The molecule has 0 spiro atoms. The first-order valence-electron chi connectivity index (χ1n) is 13.6. The van der Waals surface area contributed by atoms with Gasteiger partial charge in [0.1, 0.15) is 23.0 Å². The number of nitrogens with one attached hydrogen (secondary N) is 4. The van der Waals surface area contributed by atoms with Crippen molar-refractivity contribution in [3.8, 4) is 11.5 Å². The Balaban J connectivity index is 0.000000315. The number of carbonyl (C=O) groups is 4. The molecule has 8 N–H and O–H groups in total. The molecular formula is C28H29F2N7O9. The van der Waals surface area contributed by atoms with Crippen LogP contribution in [0.15, 0.2) is 42.6 Å². The van der Waals surface area contributed by atoms with E-state index in [1.165, 1.54) is 12.3 Å². The molecule has 0 unspecified atom stereocenters. The molecule has 244 valence electrons. The van der Waals surface area contributed by atoms with Gasteiger partial charge in [0, 0.05) is 19.6 Å². The minimum atomic E-state index is -2.74. The molecule has 3 heterocycles. The van der Waals surface area contributed by atoms with Crippen molar-refractivity contribution in [1.82, 2.24) is 25.1 Å². The number of aliphatic hydroxyl groups is 1. The normalized spacial score (nSPS) is 13.5. The number of aromatic amines is 2. The van der Waals surface area contributed by atoms with Crippen molar-refractivity contribution in [3.05, 3.63) is 59.8 Å². The maximum Gasteiger partial charge on any atom is 0.336 e. The van der Waals surface area contributed by atoms with Crippen LogP contribution in [0.4, 0.5) is 25.0 Å². The Bertz CT molecular complexity index is 1700. The van der Waals surface area contributed by atoms with E-state index in [4.69, 9.17) is 25.2 Å². The second-order valence-electron chi connectivity index (χ2n) is 10.1. The Kier molecular flexibility index (Phi) is 10.6. The van der Waals surface area contributed by atoms with Gasteiger partial charge in [0.05, 0.1) is 49.0 Å². The minimum absolute atomic E-state index is 0.303. The van der Waals surface area contributed by atoms with Gasteiger partial charge in [-0.15, -0.1) is 0 Å². The van der Waals surface area contributed by atoms with Crippen molar-refractivity contribution in [2.45, 2.75) is 25.0 Å². The van der Waals surface area contributed by atoms with E-state index in [9.17, 15) is 28.0 Å². The number of benzene rings is 2. The van der Waals surface area contributed by atoms with Gasteiger partial charge in [0.25, 0.3) is 0 Å². The number of nitrogens with zero attached hydrogens (tertiary/aromatic N) is 3. The first-order chi connectivity index (χ1) is 21.8. The number of carboxylic acid groups (broad SMARTS) is 3.